The molecule has 88 valence electrons. The first kappa shape index (κ1) is 11.7. The van der Waals surface area contributed by atoms with E-state index >= 15 is 0 Å². The summed E-state index contributed by atoms with van der Waals surface area (Å²) in [5, 5.41) is 19.3. The number of allylic oxidation sites excluding steroid dienone is 2. The largest absolute Gasteiger partial charge is 0.390 e. The van der Waals surface area contributed by atoms with Crippen LogP contribution < -0.4 is 0 Å². The minimum atomic E-state index is -0.466. The maximum atomic E-state index is 10.7. The Morgan fingerprint density at radius 1 is 1.50 bits per heavy atom. The van der Waals surface area contributed by atoms with Gasteiger partial charge in [-0.1, -0.05) is 19.9 Å². The normalized spacial score (nSPS) is 38.1. The van der Waals surface area contributed by atoms with Crippen molar-refractivity contribution < 1.29 is 5.11 Å². The zero-order chi connectivity index (χ0) is 11.8. The number of hydrogen-bond acceptors (Lipinski definition) is 2. The van der Waals surface area contributed by atoms with Crippen molar-refractivity contribution in [3.8, 4) is 6.07 Å². The number of hydrogen-bond donors (Lipinski definition) is 1. The number of nitriles is 1. The van der Waals surface area contributed by atoms with Gasteiger partial charge in [-0.05, 0) is 49.4 Å². The highest BCUT2D eigenvalue weighted by atomic mass is 16.3. The molecule has 1 N–H and O–H groups in total. The van der Waals surface area contributed by atoms with Crippen molar-refractivity contribution in [1.82, 2.24) is 0 Å². The maximum Gasteiger partial charge on any atom is 0.0908 e. The molecular weight excluding hydrogens is 198 g/mol. The quantitative estimate of drug-likeness (QED) is 0.741. The minimum Gasteiger partial charge on any atom is -0.390 e. The van der Waals surface area contributed by atoms with E-state index in [1.54, 1.807) is 0 Å². The van der Waals surface area contributed by atoms with Crippen molar-refractivity contribution in [3.63, 3.8) is 0 Å². The molecule has 0 aliphatic heterocycles. The van der Waals surface area contributed by atoms with Crippen LogP contribution in [0.3, 0.4) is 0 Å². The average Bonchev–Trinajstić information content (AvgIpc) is 2.72. The van der Waals surface area contributed by atoms with Crippen molar-refractivity contribution in [2.45, 2.75) is 51.6 Å². The van der Waals surface area contributed by atoms with E-state index < -0.39 is 5.60 Å². The minimum absolute atomic E-state index is 0.0744. The van der Waals surface area contributed by atoms with E-state index in [0.717, 1.165) is 18.8 Å². The van der Waals surface area contributed by atoms with Crippen molar-refractivity contribution in [3.05, 3.63) is 12.2 Å². The molecule has 2 nitrogen and oxygen atoms in total. The SMILES string of the molecule is CC(C)(/C=C\C#N)CC1(O)CC2CCC1C2. The molecule has 2 rings (SSSR count). The first-order valence-electron chi connectivity index (χ1n) is 6.25. The predicted molar refractivity (Wildman–Crippen MR) is 63.5 cm³/mol. The summed E-state index contributed by atoms with van der Waals surface area (Å²) >= 11 is 0. The molecule has 0 spiro atoms. The molecule has 0 heterocycles. The molecule has 2 aliphatic carbocycles. The fourth-order valence-corrected chi connectivity index (χ4v) is 3.74. The Kier molecular flexibility index (Phi) is 2.84. The van der Waals surface area contributed by atoms with Gasteiger partial charge in [-0.25, -0.2) is 0 Å². The van der Waals surface area contributed by atoms with Gasteiger partial charge in [0.15, 0.2) is 0 Å². The summed E-state index contributed by atoms with van der Waals surface area (Å²) < 4.78 is 0. The second kappa shape index (κ2) is 3.89. The molecule has 3 atom stereocenters. The Hall–Kier alpha value is -0.810. The smallest absolute Gasteiger partial charge is 0.0908 e. The molecule has 2 saturated carbocycles. The van der Waals surface area contributed by atoms with Crippen LogP contribution in [-0.4, -0.2) is 10.7 Å². The maximum absolute atomic E-state index is 10.7. The molecule has 0 aromatic rings. The standard InChI is InChI=1S/C14H21NO/c1-13(2,6-3-7-15)10-14(16)9-11-4-5-12(14)8-11/h3,6,11-12,16H,4-5,8-10H2,1-2H3/b6-3-. The molecule has 0 radical (unpaired) electrons. The van der Waals surface area contributed by atoms with E-state index in [0.29, 0.717) is 5.92 Å². The number of nitrogens with zero attached hydrogens (tertiary/aromatic N) is 1. The first-order valence-corrected chi connectivity index (χ1v) is 6.25. The van der Waals surface area contributed by atoms with Crippen molar-refractivity contribution >= 4 is 0 Å². The van der Waals surface area contributed by atoms with Gasteiger partial charge < -0.3 is 5.11 Å². The van der Waals surface area contributed by atoms with Crippen LogP contribution in [0.2, 0.25) is 0 Å². The van der Waals surface area contributed by atoms with Crippen molar-refractivity contribution in [2.75, 3.05) is 0 Å². The predicted octanol–water partition coefficient (Wildman–Crippen LogP) is 3.03. The summed E-state index contributed by atoms with van der Waals surface area (Å²) in [5.41, 5.74) is -0.541. The van der Waals surface area contributed by atoms with Gasteiger partial charge in [0.2, 0.25) is 0 Å². The summed E-state index contributed by atoms with van der Waals surface area (Å²) in [6.45, 7) is 4.20. The van der Waals surface area contributed by atoms with Gasteiger partial charge in [0.1, 0.15) is 0 Å². The summed E-state index contributed by atoms with van der Waals surface area (Å²) in [7, 11) is 0. The molecule has 0 saturated heterocycles. The molecule has 2 bridgehead atoms. The van der Waals surface area contributed by atoms with Gasteiger partial charge in [-0.2, -0.15) is 5.26 Å². The Morgan fingerprint density at radius 3 is 2.75 bits per heavy atom. The lowest BCUT2D eigenvalue weighted by atomic mass is 9.72. The lowest BCUT2D eigenvalue weighted by Gasteiger charge is -2.38. The Bertz CT molecular complexity index is 339. The highest BCUT2D eigenvalue weighted by Crippen LogP contribution is 2.54. The van der Waals surface area contributed by atoms with E-state index in [1.165, 1.54) is 25.3 Å². The fraction of sp³-hybridized carbons (Fsp3) is 0.786. The Labute approximate surface area is 98.0 Å². The van der Waals surface area contributed by atoms with Crippen LogP contribution in [-0.2, 0) is 0 Å². The third-order valence-corrected chi connectivity index (χ3v) is 4.31. The number of fused-ring (bicyclic) bond motifs is 2. The molecule has 3 unspecified atom stereocenters. The summed E-state index contributed by atoms with van der Waals surface area (Å²) in [6, 6.07) is 2.03. The van der Waals surface area contributed by atoms with Crippen molar-refractivity contribution in [1.29, 1.82) is 5.26 Å². The molecule has 0 aromatic heterocycles. The Balaban J connectivity index is 2.04. The van der Waals surface area contributed by atoms with E-state index in [4.69, 9.17) is 5.26 Å². The monoisotopic (exact) mass is 219 g/mol. The van der Waals surface area contributed by atoms with Gasteiger partial charge in [0.25, 0.3) is 0 Å². The molecule has 16 heavy (non-hydrogen) atoms. The first-order chi connectivity index (χ1) is 7.45. The number of rotatable bonds is 3. The van der Waals surface area contributed by atoms with Crippen LogP contribution >= 0.6 is 0 Å². The molecular formula is C14H21NO. The zero-order valence-electron chi connectivity index (χ0n) is 10.2. The molecule has 2 heteroatoms. The van der Waals surface area contributed by atoms with E-state index in [1.807, 2.05) is 12.1 Å². The molecule has 0 amide bonds. The highest BCUT2D eigenvalue weighted by molar-refractivity contribution is 5.11. The van der Waals surface area contributed by atoms with Gasteiger partial charge >= 0.3 is 0 Å². The average molecular weight is 219 g/mol. The number of aliphatic hydroxyl groups is 1. The van der Waals surface area contributed by atoms with E-state index in [-0.39, 0.29) is 5.41 Å². The van der Waals surface area contributed by atoms with Gasteiger partial charge in [0.05, 0.1) is 11.7 Å². The third kappa shape index (κ3) is 2.15. The van der Waals surface area contributed by atoms with E-state index in [2.05, 4.69) is 13.8 Å². The zero-order valence-corrected chi connectivity index (χ0v) is 10.2. The summed E-state index contributed by atoms with van der Waals surface area (Å²) in [5.74, 6) is 1.26. The lowest BCUT2D eigenvalue weighted by molar-refractivity contribution is -0.0400. The molecule has 0 aromatic carbocycles. The highest BCUT2D eigenvalue weighted by Gasteiger charge is 2.51. The van der Waals surface area contributed by atoms with Crippen molar-refractivity contribution in [2.24, 2.45) is 17.3 Å². The second-order valence-corrected chi connectivity index (χ2v) is 6.31. The van der Waals surface area contributed by atoms with Crippen LogP contribution in [0.25, 0.3) is 0 Å². The van der Waals surface area contributed by atoms with E-state index in [9.17, 15) is 5.11 Å². The van der Waals surface area contributed by atoms with Crippen LogP contribution in [0, 0.1) is 28.6 Å². The Morgan fingerprint density at radius 2 is 2.25 bits per heavy atom. The second-order valence-electron chi connectivity index (χ2n) is 6.31. The van der Waals surface area contributed by atoms with Gasteiger partial charge in [0, 0.05) is 6.08 Å². The third-order valence-electron chi connectivity index (χ3n) is 4.31. The molecule has 2 fully saturated rings. The fourth-order valence-electron chi connectivity index (χ4n) is 3.74. The van der Waals surface area contributed by atoms with Crippen LogP contribution in [0.1, 0.15) is 46.0 Å². The van der Waals surface area contributed by atoms with Gasteiger partial charge in [-0.3, -0.25) is 0 Å². The van der Waals surface area contributed by atoms with Gasteiger partial charge in [-0.15, -0.1) is 0 Å². The van der Waals surface area contributed by atoms with Crippen LogP contribution in [0.15, 0.2) is 12.2 Å². The topological polar surface area (TPSA) is 44.0 Å². The van der Waals surface area contributed by atoms with Crippen LogP contribution in [0.5, 0.6) is 0 Å². The summed E-state index contributed by atoms with van der Waals surface area (Å²) in [4.78, 5) is 0. The summed E-state index contributed by atoms with van der Waals surface area (Å²) in [6.07, 6.45) is 8.95. The molecule has 2 aliphatic rings. The van der Waals surface area contributed by atoms with Crippen LogP contribution in [0.4, 0.5) is 0 Å². The lowest BCUT2D eigenvalue weighted by Crippen LogP contribution is -2.39.